The SMILES string of the molecule is CCCCC(CC)Cn1c2ccc(/C(=N/O)c3ccc(OCC(F)(F)C(F)F)cc3)cc2c2cc([N+](=O)[O-])ccc21. The Balaban J connectivity index is 1.72. The smallest absolute Gasteiger partial charge is 0.340 e. The number of nitrogens with zero attached hydrogens (tertiary/aromatic N) is 3. The highest BCUT2D eigenvalue weighted by Crippen LogP contribution is 2.34. The van der Waals surface area contributed by atoms with Gasteiger partial charge in [0.1, 0.15) is 11.5 Å². The van der Waals surface area contributed by atoms with Crippen molar-refractivity contribution in [2.45, 2.75) is 58.4 Å². The van der Waals surface area contributed by atoms with Crippen LogP contribution in [0.4, 0.5) is 23.2 Å². The number of aromatic nitrogens is 1. The molecule has 0 radical (unpaired) electrons. The number of fused-ring (bicyclic) bond motifs is 3. The average molecular weight is 574 g/mol. The van der Waals surface area contributed by atoms with Gasteiger partial charge in [0.25, 0.3) is 5.69 Å². The number of hydrogen-bond donors (Lipinski definition) is 1. The van der Waals surface area contributed by atoms with Gasteiger partial charge in [0, 0.05) is 51.6 Å². The molecule has 0 saturated carbocycles. The van der Waals surface area contributed by atoms with Gasteiger partial charge < -0.3 is 14.5 Å². The summed E-state index contributed by atoms with van der Waals surface area (Å²) in [4.78, 5) is 11.1. The Bertz CT molecular complexity index is 1550. The highest BCUT2D eigenvalue weighted by atomic mass is 19.3. The Morgan fingerprint density at radius 3 is 2.24 bits per heavy atom. The van der Waals surface area contributed by atoms with Crippen molar-refractivity contribution in [1.82, 2.24) is 4.57 Å². The molecule has 0 fully saturated rings. The number of benzene rings is 3. The lowest BCUT2D eigenvalue weighted by Crippen LogP contribution is -2.33. The molecule has 0 aliphatic heterocycles. The highest BCUT2D eigenvalue weighted by molar-refractivity contribution is 6.17. The Morgan fingerprint density at radius 2 is 1.66 bits per heavy atom. The van der Waals surface area contributed by atoms with Crippen LogP contribution in [0.1, 0.15) is 50.7 Å². The maximum Gasteiger partial charge on any atom is 0.340 e. The molecule has 7 nitrogen and oxygen atoms in total. The topological polar surface area (TPSA) is 89.9 Å². The number of oxime groups is 1. The van der Waals surface area contributed by atoms with Crippen molar-refractivity contribution >= 4 is 33.2 Å². The molecule has 0 spiro atoms. The second-order valence-corrected chi connectivity index (χ2v) is 10.0. The summed E-state index contributed by atoms with van der Waals surface area (Å²) in [6.07, 6.45) is 0.423. The minimum atomic E-state index is -4.28. The first kappa shape index (κ1) is 29.8. The Labute approximate surface area is 234 Å². The first-order valence-corrected chi connectivity index (χ1v) is 13.4. The number of halogens is 4. The Morgan fingerprint density at radius 1 is 1.02 bits per heavy atom. The standard InChI is InChI=1S/C30H31F4N3O4/c1-3-5-6-19(4-2)17-36-26-13-9-21(15-24(26)25-16-22(37(39)40)10-14-27(25)36)28(35-38)20-7-11-23(12-8-20)41-18-30(33,34)29(31)32/h7-16,19,29,38H,3-6,17-18H2,1-2H3/b35-28+. The van der Waals surface area contributed by atoms with Gasteiger partial charge in [-0.3, -0.25) is 10.1 Å². The molecule has 4 aromatic rings. The van der Waals surface area contributed by atoms with Crippen molar-refractivity contribution < 1.29 is 32.4 Å². The second-order valence-electron chi connectivity index (χ2n) is 10.0. The van der Waals surface area contributed by atoms with Gasteiger partial charge in [-0.05, 0) is 54.8 Å². The summed E-state index contributed by atoms with van der Waals surface area (Å²) in [6.45, 7) is 3.58. The van der Waals surface area contributed by atoms with Gasteiger partial charge in [-0.25, -0.2) is 8.78 Å². The zero-order chi connectivity index (χ0) is 29.7. The molecule has 4 rings (SSSR count). The van der Waals surface area contributed by atoms with E-state index >= 15 is 0 Å². The van der Waals surface area contributed by atoms with E-state index in [1.807, 2.05) is 6.07 Å². The van der Waals surface area contributed by atoms with Gasteiger partial charge >= 0.3 is 12.3 Å². The highest BCUT2D eigenvalue weighted by Gasteiger charge is 2.41. The van der Waals surface area contributed by atoms with Gasteiger partial charge in [0.05, 0.1) is 4.92 Å². The van der Waals surface area contributed by atoms with Crippen LogP contribution >= 0.6 is 0 Å². The lowest BCUT2D eigenvalue weighted by Gasteiger charge is -2.17. The third kappa shape index (κ3) is 6.44. The van der Waals surface area contributed by atoms with E-state index in [0.29, 0.717) is 22.4 Å². The molecule has 1 aromatic heterocycles. The van der Waals surface area contributed by atoms with Crippen molar-refractivity contribution in [1.29, 1.82) is 0 Å². The fourth-order valence-electron chi connectivity index (χ4n) is 4.96. The monoisotopic (exact) mass is 573 g/mol. The number of rotatable bonds is 13. The summed E-state index contributed by atoms with van der Waals surface area (Å²) in [5.74, 6) is -3.90. The Hall–Kier alpha value is -4.15. The van der Waals surface area contributed by atoms with E-state index in [-0.39, 0.29) is 17.1 Å². The molecule has 0 aliphatic carbocycles. The number of alkyl halides is 4. The molecule has 0 saturated heterocycles. The Kier molecular flexibility index (Phi) is 9.14. The summed E-state index contributed by atoms with van der Waals surface area (Å²) in [7, 11) is 0. The normalized spacial score (nSPS) is 13.3. The first-order chi connectivity index (χ1) is 19.6. The third-order valence-corrected chi connectivity index (χ3v) is 7.30. The maximum absolute atomic E-state index is 13.2. The molecule has 0 aliphatic rings. The van der Waals surface area contributed by atoms with Crippen LogP contribution in [-0.2, 0) is 6.54 Å². The second kappa shape index (κ2) is 12.6. The van der Waals surface area contributed by atoms with E-state index in [0.717, 1.165) is 48.6 Å². The number of non-ortho nitro benzene ring substituents is 1. The molecule has 11 heteroatoms. The van der Waals surface area contributed by atoms with Crippen LogP contribution in [0.25, 0.3) is 21.8 Å². The molecule has 1 N–H and O–H groups in total. The van der Waals surface area contributed by atoms with Gasteiger partial charge in [0.15, 0.2) is 6.61 Å². The van der Waals surface area contributed by atoms with Crippen LogP contribution in [0.2, 0.25) is 0 Å². The van der Waals surface area contributed by atoms with Gasteiger partial charge in [-0.1, -0.05) is 44.3 Å². The van der Waals surface area contributed by atoms with E-state index in [1.54, 1.807) is 24.3 Å². The number of nitro benzene ring substituents is 1. The fourth-order valence-corrected chi connectivity index (χ4v) is 4.96. The lowest BCUT2D eigenvalue weighted by molar-refractivity contribution is -0.384. The van der Waals surface area contributed by atoms with Crippen molar-refractivity contribution in [3.8, 4) is 5.75 Å². The molecule has 218 valence electrons. The van der Waals surface area contributed by atoms with Crippen LogP contribution in [0, 0.1) is 16.0 Å². The number of ether oxygens (including phenoxy) is 1. The summed E-state index contributed by atoms with van der Waals surface area (Å²) < 4.78 is 58.2. The number of hydrogen-bond acceptors (Lipinski definition) is 5. The first-order valence-electron chi connectivity index (χ1n) is 13.4. The predicted octanol–water partition coefficient (Wildman–Crippen LogP) is 8.42. The molecular formula is C30H31F4N3O4. The molecule has 3 aromatic carbocycles. The van der Waals surface area contributed by atoms with E-state index in [1.165, 1.54) is 30.3 Å². The van der Waals surface area contributed by atoms with Crippen molar-refractivity contribution in [2.24, 2.45) is 11.1 Å². The quantitative estimate of drug-likeness (QED) is 0.0572. The third-order valence-electron chi connectivity index (χ3n) is 7.30. The van der Waals surface area contributed by atoms with Crippen LogP contribution in [-0.4, -0.2) is 39.4 Å². The minimum Gasteiger partial charge on any atom is -0.487 e. The van der Waals surface area contributed by atoms with Crippen LogP contribution < -0.4 is 4.74 Å². The molecule has 0 bridgehead atoms. The summed E-state index contributed by atoms with van der Waals surface area (Å²) >= 11 is 0. The number of unbranched alkanes of at least 4 members (excludes halogenated alkanes) is 1. The van der Waals surface area contributed by atoms with E-state index in [2.05, 4.69) is 23.6 Å². The summed E-state index contributed by atoms with van der Waals surface area (Å²) in [5.41, 5.74) is 2.81. The largest absolute Gasteiger partial charge is 0.487 e. The minimum absolute atomic E-state index is 0.0379. The predicted molar refractivity (Wildman–Crippen MR) is 150 cm³/mol. The molecule has 1 heterocycles. The maximum atomic E-state index is 13.2. The van der Waals surface area contributed by atoms with E-state index in [9.17, 15) is 32.9 Å². The molecular weight excluding hydrogens is 542 g/mol. The molecule has 41 heavy (non-hydrogen) atoms. The fraction of sp³-hybridized carbons (Fsp3) is 0.367. The van der Waals surface area contributed by atoms with E-state index in [4.69, 9.17) is 4.74 Å². The van der Waals surface area contributed by atoms with Crippen molar-refractivity contribution in [3.05, 3.63) is 81.9 Å². The molecule has 1 atom stereocenters. The van der Waals surface area contributed by atoms with Crippen molar-refractivity contribution in [3.63, 3.8) is 0 Å². The molecule has 0 amide bonds. The molecule has 1 unspecified atom stereocenters. The van der Waals surface area contributed by atoms with E-state index < -0.39 is 23.9 Å². The van der Waals surface area contributed by atoms with Crippen LogP contribution in [0.3, 0.4) is 0 Å². The van der Waals surface area contributed by atoms with Gasteiger partial charge in [0.2, 0.25) is 0 Å². The number of nitro groups is 1. The van der Waals surface area contributed by atoms with Gasteiger partial charge in [-0.15, -0.1) is 0 Å². The summed E-state index contributed by atoms with van der Waals surface area (Å²) in [6, 6.07) is 15.8. The zero-order valence-electron chi connectivity index (χ0n) is 22.7. The summed E-state index contributed by atoms with van der Waals surface area (Å²) in [5, 5.41) is 26.3. The van der Waals surface area contributed by atoms with Crippen LogP contribution in [0.5, 0.6) is 5.75 Å². The van der Waals surface area contributed by atoms with Crippen LogP contribution in [0.15, 0.2) is 65.8 Å². The van der Waals surface area contributed by atoms with Gasteiger partial charge in [-0.2, -0.15) is 8.78 Å². The zero-order valence-corrected chi connectivity index (χ0v) is 22.7. The lowest BCUT2D eigenvalue weighted by atomic mass is 9.99. The van der Waals surface area contributed by atoms with Crippen molar-refractivity contribution in [2.75, 3.05) is 6.61 Å². The average Bonchev–Trinajstić information content (AvgIpc) is 3.27.